The van der Waals surface area contributed by atoms with Crippen LogP contribution in [0.25, 0.3) is 11.0 Å². The summed E-state index contributed by atoms with van der Waals surface area (Å²) in [5, 5.41) is 0.566. The molecule has 0 fully saturated rings. The van der Waals surface area contributed by atoms with Gasteiger partial charge in [-0.1, -0.05) is 30.1 Å². The predicted octanol–water partition coefficient (Wildman–Crippen LogP) is 5.14. The number of fused-ring (bicyclic) bond motifs is 1. The van der Waals surface area contributed by atoms with Crippen molar-refractivity contribution >= 4 is 49.9 Å². The molecule has 0 saturated carbocycles. The van der Waals surface area contributed by atoms with Crippen molar-refractivity contribution in [3.63, 3.8) is 0 Å². The number of rotatable bonds is 8. The van der Waals surface area contributed by atoms with E-state index < -0.39 is 9.84 Å². The smallest absolute Gasteiger partial charge is 0.179 e. The fourth-order valence-corrected chi connectivity index (χ4v) is 5.80. The summed E-state index contributed by atoms with van der Waals surface area (Å²) in [7, 11) is -3.48. The van der Waals surface area contributed by atoms with Crippen LogP contribution in [0.15, 0.2) is 23.1 Å². The lowest BCUT2D eigenvalue weighted by Crippen LogP contribution is -2.10. The van der Waals surface area contributed by atoms with E-state index in [1.807, 2.05) is 13.8 Å². The molecule has 0 atom stereocenters. The molecule has 1 aromatic carbocycles. The minimum atomic E-state index is -3.48. The van der Waals surface area contributed by atoms with Crippen molar-refractivity contribution in [2.45, 2.75) is 57.9 Å². The first kappa shape index (κ1) is 22.8. The van der Waals surface area contributed by atoms with Crippen LogP contribution in [0.1, 0.15) is 43.3 Å². The van der Waals surface area contributed by atoms with Gasteiger partial charge in [0.25, 0.3) is 0 Å². The standard InChI is InChI=1S/C21H26Cl2N4O2S/c1-4-7-18-26-19-20(13(2)14(3)25-21(19)24)27(18)10-5-6-11-30(28,29)17-9-8-15(22)12-16(17)23/h8-9,12H,4-7,10-11H2,1-3H3,(H2,24,25). The van der Waals surface area contributed by atoms with E-state index in [2.05, 4.69) is 16.5 Å². The number of imidazole rings is 1. The van der Waals surface area contributed by atoms with Gasteiger partial charge in [0.1, 0.15) is 11.3 Å². The van der Waals surface area contributed by atoms with Gasteiger partial charge in [0, 0.05) is 23.7 Å². The van der Waals surface area contributed by atoms with Gasteiger partial charge in [0.15, 0.2) is 15.7 Å². The highest BCUT2D eigenvalue weighted by Crippen LogP contribution is 2.28. The van der Waals surface area contributed by atoms with E-state index in [0.717, 1.165) is 41.0 Å². The van der Waals surface area contributed by atoms with E-state index in [1.165, 1.54) is 12.1 Å². The van der Waals surface area contributed by atoms with Crippen LogP contribution >= 0.6 is 23.2 Å². The molecular formula is C21H26Cl2N4O2S. The molecule has 0 spiro atoms. The van der Waals surface area contributed by atoms with Crippen molar-refractivity contribution < 1.29 is 8.42 Å². The van der Waals surface area contributed by atoms with Gasteiger partial charge in [0.05, 0.1) is 21.2 Å². The minimum Gasteiger partial charge on any atom is -0.382 e. The molecule has 0 bridgehead atoms. The van der Waals surface area contributed by atoms with Crippen molar-refractivity contribution in [3.05, 3.63) is 45.3 Å². The summed E-state index contributed by atoms with van der Waals surface area (Å²) in [6.07, 6.45) is 2.97. The second kappa shape index (κ2) is 9.12. The number of aromatic nitrogens is 3. The van der Waals surface area contributed by atoms with Crippen molar-refractivity contribution in [3.8, 4) is 0 Å². The van der Waals surface area contributed by atoms with E-state index in [-0.39, 0.29) is 15.7 Å². The van der Waals surface area contributed by atoms with E-state index >= 15 is 0 Å². The van der Waals surface area contributed by atoms with Gasteiger partial charge >= 0.3 is 0 Å². The van der Waals surface area contributed by atoms with Crippen LogP contribution in [0.3, 0.4) is 0 Å². The van der Waals surface area contributed by atoms with Crippen LogP contribution in [0, 0.1) is 13.8 Å². The first-order valence-corrected chi connectivity index (χ1v) is 12.4. The van der Waals surface area contributed by atoms with Crippen LogP contribution < -0.4 is 5.73 Å². The molecule has 0 aliphatic rings. The van der Waals surface area contributed by atoms with Crippen molar-refractivity contribution in [1.82, 2.24) is 14.5 Å². The highest BCUT2D eigenvalue weighted by molar-refractivity contribution is 7.91. The van der Waals surface area contributed by atoms with E-state index in [4.69, 9.17) is 33.9 Å². The summed E-state index contributed by atoms with van der Waals surface area (Å²) >= 11 is 12.0. The highest BCUT2D eigenvalue weighted by atomic mass is 35.5. The Hall–Kier alpha value is -1.83. The molecule has 0 aliphatic heterocycles. The summed E-state index contributed by atoms with van der Waals surface area (Å²) in [6.45, 7) is 6.72. The predicted molar refractivity (Wildman–Crippen MR) is 123 cm³/mol. The summed E-state index contributed by atoms with van der Waals surface area (Å²) < 4.78 is 27.5. The van der Waals surface area contributed by atoms with Crippen LogP contribution in [0.2, 0.25) is 10.0 Å². The normalized spacial score (nSPS) is 12.0. The molecule has 0 amide bonds. The maximum atomic E-state index is 12.7. The molecule has 2 N–H and O–H groups in total. The van der Waals surface area contributed by atoms with Crippen molar-refractivity contribution in [2.24, 2.45) is 0 Å². The highest BCUT2D eigenvalue weighted by Gasteiger charge is 2.20. The average molecular weight is 469 g/mol. The fourth-order valence-electron chi connectivity index (χ4n) is 3.60. The Kier molecular flexibility index (Phi) is 6.95. The first-order chi connectivity index (χ1) is 14.2. The van der Waals surface area contributed by atoms with Gasteiger partial charge in [-0.3, -0.25) is 0 Å². The maximum absolute atomic E-state index is 12.7. The number of hydrogen-bond donors (Lipinski definition) is 1. The molecule has 0 saturated heterocycles. The Bertz CT molecular complexity index is 1190. The third-order valence-corrected chi connectivity index (χ3v) is 7.73. The molecule has 0 radical (unpaired) electrons. The number of nitrogens with zero attached hydrogens (tertiary/aromatic N) is 3. The quantitative estimate of drug-likeness (QED) is 0.461. The van der Waals surface area contributed by atoms with Gasteiger partial charge in [-0.05, 0) is 56.9 Å². The molecule has 2 aromatic heterocycles. The molecule has 2 heterocycles. The number of anilines is 1. The molecule has 6 nitrogen and oxygen atoms in total. The lowest BCUT2D eigenvalue weighted by molar-refractivity contribution is 0.579. The van der Waals surface area contributed by atoms with E-state index in [1.54, 1.807) is 6.07 Å². The van der Waals surface area contributed by atoms with Gasteiger partial charge in [-0.25, -0.2) is 18.4 Å². The number of pyridine rings is 1. The van der Waals surface area contributed by atoms with Crippen LogP contribution in [0.4, 0.5) is 5.82 Å². The number of sulfone groups is 1. The Morgan fingerprint density at radius 3 is 2.53 bits per heavy atom. The monoisotopic (exact) mass is 468 g/mol. The van der Waals surface area contributed by atoms with Gasteiger partial charge < -0.3 is 10.3 Å². The molecule has 9 heteroatoms. The number of hydrogen-bond acceptors (Lipinski definition) is 5. The summed E-state index contributed by atoms with van der Waals surface area (Å²) in [4.78, 5) is 9.24. The van der Waals surface area contributed by atoms with Crippen LogP contribution in [-0.4, -0.2) is 28.7 Å². The minimum absolute atomic E-state index is 0.0196. The third-order valence-electron chi connectivity index (χ3n) is 5.22. The second-order valence-corrected chi connectivity index (χ2v) is 10.4. The van der Waals surface area contributed by atoms with Gasteiger partial charge in [-0.2, -0.15) is 0 Å². The van der Waals surface area contributed by atoms with Crippen molar-refractivity contribution in [1.29, 1.82) is 0 Å². The summed E-state index contributed by atoms with van der Waals surface area (Å²) in [6, 6.07) is 4.46. The van der Waals surface area contributed by atoms with Crippen molar-refractivity contribution in [2.75, 3.05) is 11.5 Å². The molecule has 3 aromatic rings. The number of nitrogen functional groups attached to an aromatic ring is 1. The summed E-state index contributed by atoms with van der Waals surface area (Å²) in [5.74, 6) is 1.41. The van der Waals surface area contributed by atoms with Crippen LogP contribution in [-0.2, 0) is 22.8 Å². The fraction of sp³-hybridized carbons (Fsp3) is 0.429. The van der Waals surface area contributed by atoms with Gasteiger partial charge in [0.2, 0.25) is 0 Å². The molecule has 162 valence electrons. The molecule has 0 aliphatic carbocycles. The van der Waals surface area contributed by atoms with Crippen LogP contribution in [0.5, 0.6) is 0 Å². The largest absolute Gasteiger partial charge is 0.382 e. The van der Waals surface area contributed by atoms with Gasteiger partial charge in [-0.15, -0.1) is 0 Å². The Morgan fingerprint density at radius 2 is 1.87 bits per heavy atom. The number of aryl methyl sites for hydroxylation is 4. The summed E-state index contributed by atoms with van der Waals surface area (Å²) in [5.41, 5.74) is 9.76. The number of benzene rings is 1. The molecule has 3 rings (SSSR count). The third kappa shape index (κ3) is 4.58. The first-order valence-electron chi connectivity index (χ1n) is 9.95. The second-order valence-electron chi connectivity index (χ2n) is 7.44. The Balaban J connectivity index is 1.79. The number of unbranched alkanes of at least 4 members (excludes halogenated alkanes) is 1. The molecule has 0 unspecified atom stereocenters. The number of halogens is 2. The molecule has 30 heavy (non-hydrogen) atoms. The zero-order valence-corrected chi connectivity index (χ0v) is 19.7. The Labute approximate surface area is 187 Å². The molecular weight excluding hydrogens is 443 g/mol. The van der Waals surface area contributed by atoms with E-state index in [0.29, 0.717) is 30.2 Å². The SMILES string of the molecule is CCCc1nc2c(N)nc(C)c(C)c2n1CCCCS(=O)(=O)c1ccc(Cl)cc1Cl. The zero-order valence-electron chi connectivity index (χ0n) is 17.4. The Morgan fingerprint density at radius 1 is 1.13 bits per heavy atom. The van der Waals surface area contributed by atoms with E-state index in [9.17, 15) is 8.42 Å². The lowest BCUT2D eigenvalue weighted by atomic mass is 10.2. The topological polar surface area (TPSA) is 90.9 Å². The zero-order chi connectivity index (χ0) is 22.1. The lowest BCUT2D eigenvalue weighted by Gasteiger charge is -2.12. The average Bonchev–Trinajstić information content (AvgIpc) is 3.02. The maximum Gasteiger partial charge on any atom is 0.179 e. The number of nitrogens with two attached hydrogens (primary N) is 1.